The van der Waals surface area contributed by atoms with Crippen LogP contribution in [0.4, 0.5) is 0 Å². The lowest BCUT2D eigenvalue weighted by atomic mass is 10.2. The van der Waals surface area contributed by atoms with Gasteiger partial charge in [0.2, 0.25) is 0 Å². The van der Waals surface area contributed by atoms with Gasteiger partial charge in [0, 0.05) is 19.0 Å². The van der Waals surface area contributed by atoms with Crippen LogP contribution in [0.1, 0.15) is 22.2 Å². The number of alkyl halides is 1. The zero-order valence-electron chi connectivity index (χ0n) is 8.58. The monoisotopic (exact) mass is 231 g/mol. The molecule has 1 atom stereocenters. The van der Waals surface area contributed by atoms with Crippen LogP contribution in [0.25, 0.3) is 0 Å². The molecule has 14 heavy (non-hydrogen) atoms. The SMILES string of the molecule is Cc1ccsc1C(=O)N(C)C(C)CCl. The topological polar surface area (TPSA) is 20.3 Å². The predicted molar refractivity (Wildman–Crippen MR) is 61.3 cm³/mol. The molecule has 4 heteroatoms. The van der Waals surface area contributed by atoms with Crippen LogP contribution < -0.4 is 0 Å². The fourth-order valence-corrected chi connectivity index (χ4v) is 2.17. The Kier molecular flexibility index (Phi) is 3.96. The van der Waals surface area contributed by atoms with Crippen LogP contribution in [-0.4, -0.2) is 29.8 Å². The van der Waals surface area contributed by atoms with E-state index in [-0.39, 0.29) is 11.9 Å². The van der Waals surface area contributed by atoms with Crippen LogP contribution in [-0.2, 0) is 0 Å². The molecule has 1 rings (SSSR count). The van der Waals surface area contributed by atoms with Gasteiger partial charge in [-0.05, 0) is 30.9 Å². The number of nitrogens with zero attached hydrogens (tertiary/aromatic N) is 1. The Morgan fingerprint density at radius 2 is 2.36 bits per heavy atom. The van der Waals surface area contributed by atoms with E-state index >= 15 is 0 Å². The molecule has 0 fully saturated rings. The maximum absolute atomic E-state index is 11.9. The number of carbonyl (C=O) groups excluding carboxylic acids is 1. The summed E-state index contributed by atoms with van der Waals surface area (Å²) in [7, 11) is 1.79. The van der Waals surface area contributed by atoms with Crippen molar-refractivity contribution in [2.45, 2.75) is 19.9 Å². The van der Waals surface area contributed by atoms with Gasteiger partial charge in [0.05, 0.1) is 4.88 Å². The molecule has 78 valence electrons. The van der Waals surface area contributed by atoms with Crippen molar-refractivity contribution in [3.05, 3.63) is 21.9 Å². The number of hydrogen-bond donors (Lipinski definition) is 0. The van der Waals surface area contributed by atoms with Gasteiger partial charge in [-0.3, -0.25) is 4.79 Å². The number of rotatable bonds is 3. The van der Waals surface area contributed by atoms with Crippen molar-refractivity contribution in [2.24, 2.45) is 0 Å². The van der Waals surface area contributed by atoms with E-state index in [1.807, 2.05) is 25.3 Å². The summed E-state index contributed by atoms with van der Waals surface area (Å²) in [6, 6.07) is 2.03. The largest absolute Gasteiger partial charge is 0.337 e. The Morgan fingerprint density at radius 1 is 1.71 bits per heavy atom. The first-order chi connectivity index (χ1) is 6.57. The van der Waals surface area contributed by atoms with Gasteiger partial charge in [-0.1, -0.05) is 0 Å². The molecule has 0 spiro atoms. The van der Waals surface area contributed by atoms with E-state index in [2.05, 4.69) is 0 Å². The van der Waals surface area contributed by atoms with Crippen molar-refractivity contribution in [2.75, 3.05) is 12.9 Å². The fourth-order valence-electron chi connectivity index (χ4n) is 1.06. The van der Waals surface area contributed by atoms with Crippen molar-refractivity contribution >= 4 is 28.8 Å². The summed E-state index contributed by atoms with van der Waals surface area (Å²) in [6.45, 7) is 3.89. The molecule has 1 unspecified atom stereocenters. The predicted octanol–water partition coefficient (Wildman–Crippen LogP) is 2.76. The first-order valence-electron chi connectivity index (χ1n) is 4.45. The van der Waals surface area contributed by atoms with Crippen molar-refractivity contribution in [1.82, 2.24) is 4.90 Å². The molecule has 0 aliphatic heterocycles. The Bertz CT molecular complexity index is 324. The second kappa shape index (κ2) is 4.80. The summed E-state index contributed by atoms with van der Waals surface area (Å²) in [4.78, 5) is 14.4. The van der Waals surface area contributed by atoms with E-state index in [1.165, 1.54) is 11.3 Å². The first-order valence-corrected chi connectivity index (χ1v) is 5.86. The molecule has 0 aliphatic carbocycles. The molecule has 0 bridgehead atoms. The molecule has 0 aliphatic rings. The van der Waals surface area contributed by atoms with E-state index in [0.29, 0.717) is 5.88 Å². The Morgan fingerprint density at radius 3 is 2.79 bits per heavy atom. The summed E-state index contributed by atoms with van der Waals surface area (Å²) >= 11 is 7.18. The minimum absolute atomic E-state index is 0.0608. The highest BCUT2D eigenvalue weighted by Crippen LogP contribution is 2.18. The Labute approximate surface area is 93.5 Å². The molecule has 0 aromatic carbocycles. The van der Waals surface area contributed by atoms with Gasteiger partial charge in [0.25, 0.3) is 5.91 Å². The van der Waals surface area contributed by atoms with Crippen LogP contribution in [0.3, 0.4) is 0 Å². The van der Waals surface area contributed by atoms with E-state index in [1.54, 1.807) is 11.9 Å². The van der Waals surface area contributed by atoms with Crippen LogP contribution in [0.5, 0.6) is 0 Å². The summed E-state index contributed by atoms with van der Waals surface area (Å²) in [5.41, 5.74) is 1.04. The van der Waals surface area contributed by atoms with Crippen molar-refractivity contribution in [1.29, 1.82) is 0 Å². The normalized spacial score (nSPS) is 12.6. The summed E-state index contributed by atoms with van der Waals surface area (Å²) in [5.74, 6) is 0.526. The van der Waals surface area contributed by atoms with E-state index in [4.69, 9.17) is 11.6 Å². The summed E-state index contributed by atoms with van der Waals surface area (Å²) < 4.78 is 0. The summed E-state index contributed by atoms with van der Waals surface area (Å²) in [6.07, 6.45) is 0. The lowest BCUT2D eigenvalue weighted by molar-refractivity contribution is 0.0761. The third-order valence-electron chi connectivity index (χ3n) is 2.26. The Hall–Kier alpha value is -0.540. The molecule has 0 N–H and O–H groups in total. The average Bonchev–Trinajstić information content (AvgIpc) is 2.61. The number of hydrogen-bond acceptors (Lipinski definition) is 2. The number of carbonyl (C=O) groups is 1. The van der Waals surface area contributed by atoms with Crippen molar-refractivity contribution in [3.63, 3.8) is 0 Å². The van der Waals surface area contributed by atoms with Gasteiger partial charge in [-0.25, -0.2) is 0 Å². The second-order valence-corrected chi connectivity index (χ2v) is 4.58. The molecule has 0 radical (unpaired) electrons. The maximum Gasteiger partial charge on any atom is 0.264 e. The van der Waals surface area contributed by atoms with Crippen LogP contribution >= 0.6 is 22.9 Å². The Balaban J connectivity index is 2.81. The lowest BCUT2D eigenvalue weighted by Crippen LogP contribution is -2.36. The van der Waals surface area contributed by atoms with Crippen LogP contribution in [0.2, 0.25) is 0 Å². The minimum atomic E-state index is 0.0608. The standard InChI is InChI=1S/C10H14ClNOS/c1-7-4-5-14-9(7)10(13)12(3)8(2)6-11/h4-5,8H,6H2,1-3H3. The number of amides is 1. The van der Waals surface area contributed by atoms with Gasteiger partial charge in [-0.2, -0.15) is 0 Å². The summed E-state index contributed by atoms with van der Waals surface area (Å²) in [5, 5.41) is 1.93. The molecule has 1 amide bonds. The molecular weight excluding hydrogens is 218 g/mol. The lowest BCUT2D eigenvalue weighted by Gasteiger charge is -2.22. The second-order valence-electron chi connectivity index (χ2n) is 3.35. The van der Waals surface area contributed by atoms with Crippen LogP contribution in [0, 0.1) is 6.92 Å². The fraction of sp³-hybridized carbons (Fsp3) is 0.500. The number of aryl methyl sites for hydroxylation is 1. The highest BCUT2D eigenvalue weighted by Gasteiger charge is 2.19. The molecule has 1 heterocycles. The highest BCUT2D eigenvalue weighted by molar-refractivity contribution is 7.12. The first kappa shape index (κ1) is 11.5. The zero-order chi connectivity index (χ0) is 10.7. The van der Waals surface area contributed by atoms with Crippen LogP contribution in [0.15, 0.2) is 11.4 Å². The number of halogens is 1. The highest BCUT2D eigenvalue weighted by atomic mass is 35.5. The minimum Gasteiger partial charge on any atom is -0.337 e. The van der Waals surface area contributed by atoms with Gasteiger partial charge in [0.15, 0.2) is 0 Å². The molecular formula is C10H14ClNOS. The average molecular weight is 232 g/mol. The van der Waals surface area contributed by atoms with Gasteiger partial charge in [0.1, 0.15) is 0 Å². The van der Waals surface area contributed by atoms with Gasteiger partial charge in [-0.15, -0.1) is 22.9 Å². The third-order valence-corrected chi connectivity index (χ3v) is 3.71. The molecule has 1 aromatic heterocycles. The smallest absolute Gasteiger partial charge is 0.264 e. The third kappa shape index (κ3) is 2.28. The quantitative estimate of drug-likeness (QED) is 0.733. The maximum atomic E-state index is 11.9. The molecule has 0 saturated carbocycles. The van der Waals surface area contributed by atoms with Crippen molar-refractivity contribution < 1.29 is 4.79 Å². The molecule has 1 aromatic rings. The van der Waals surface area contributed by atoms with Gasteiger partial charge < -0.3 is 4.90 Å². The number of thiophene rings is 1. The molecule has 2 nitrogen and oxygen atoms in total. The van der Waals surface area contributed by atoms with Gasteiger partial charge >= 0.3 is 0 Å². The van der Waals surface area contributed by atoms with E-state index in [0.717, 1.165) is 10.4 Å². The van der Waals surface area contributed by atoms with E-state index < -0.39 is 0 Å². The zero-order valence-corrected chi connectivity index (χ0v) is 10.2. The van der Waals surface area contributed by atoms with Crippen molar-refractivity contribution in [3.8, 4) is 0 Å². The van der Waals surface area contributed by atoms with E-state index in [9.17, 15) is 4.79 Å². The molecule has 0 saturated heterocycles.